The minimum atomic E-state index is -3.77. The van der Waals surface area contributed by atoms with Crippen LogP contribution in [0.15, 0.2) is 26.4 Å². The zero-order valence-electron chi connectivity index (χ0n) is 9.20. The molecule has 0 spiro atoms. The van der Waals surface area contributed by atoms with Crippen molar-refractivity contribution in [3.8, 4) is 0 Å². The fraction of sp³-hybridized carbons (Fsp3) is 0.444. The highest BCUT2D eigenvalue weighted by atomic mass is 79.9. The van der Waals surface area contributed by atoms with Gasteiger partial charge in [0.05, 0.1) is 0 Å². The van der Waals surface area contributed by atoms with Gasteiger partial charge in [-0.05, 0) is 28.4 Å². The molecule has 1 rings (SSSR count). The van der Waals surface area contributed by atoms with E-state index in [-0.39, 0.29) is 11.4 Å². The minimum Gasteiger partial charge on any atom is -0.385 e. The predicted molar refractivity (Wildman–Crippen MR) is 66.4 cm³/mol. The van der Waals surface area contributed by atoms with Crippen molar-refractivity contribution in [3.63, 3.8) is 0 Å². The molecule has 6 nitrogen and oxygen atoms in total. The summed E-state index contributed by atoms with van der Waals surface area (Å²) in [6.45, 7) is 0.680. The second-order valence-corrected chi connectivity index (χ2v) is 5.91. The van der Waals surface area contributed by atoms with E-state index >= 15 is 0 Å². The number of halogens is 1. The maximum atomic E-state index is 11.8. The van der Waals surface area contributed by atoms with Crippen molar-refractivity contribution >= 4 is 26.0 Å². The molecule has 8 heteroatoms. The lowest BCUT2D eigenvalue weighted by Crippen LogP contribution is -2.30. The number of aromatic nitrogens is 1. The van der Waals surface area contributed by atoms with E-state index in [1.807, 2.05) is 0 Å². The third kappa shape index (κ3) is 4.23. The Kier molecular flexibility index (Phi) is 5.31. The maximum Gasteiger partial charge on any atom is 0.268 e. The van der Waals surface area contributed by atoms with Crippen molar-refractivity contribution in [2.75, 3.05) is 20.3 Å². The molecule has 0 aliphatic heterocycles. The van der Waals surface area contributed by atoms with E-state index in [1.54, 1.807) is 0 Å². The average molecular weight is 325 g/mol. The number of H-pyrrole nitrogens is 1. The number of methoxy groups -OCH3 is 1. The van der Waals surface area contributed by atoms with Crippen LogP contribution in [0.3, 0.4) is 0 Å². The van der Waals surface area contributed by atoms with E-state index in [0.29, 0.717) is 17.5 Å². The molecular weight excluding hydrogens is 312 g/mol. The van der Waals surface area contributed by atoms with Gasteiger partial charge in [-0.15, -0.1) is 0 Å². The van der Waals surface area contributed by atoms with Gasteiger partial charge in [0, 0.05) is 30.9 Å². The molecule has 0 radical (unpaired) electrons. The number of aromatic amines is 1. The molecule has 0 atom stereocenters. The van der Waals surface area contributed by atoms with Crippen molar-refractivity contribution in [3.05, 3.63) is 27.1 Å². The van der Waals surface area contributed by atoms with E-state index < -0.39 is 15.6 Å². The Morgan fingerprint density at radius 2 is 2.24 bits per heavy atom. The Morgan fingerprint density at radius 1 is 1.53 bits per heavy atom. The Hall–Kier alpha value is -0.700. The van der Waals surface area contributed by atoms with E-state index in [9.17, 15) is 13.2 Å². The summed E-state index contributed by atoms with van der Waals surface area (Å²) in [4.78, 5) is 13.4. The predicted octanol–water partition coefficient (Wildman–Crippen LogP) is 0.452. The molecular formula is C9H13BrN2O4S. The molecule has 0 aliphatic rings. The van der Waals surface area contributed by atoms with E-state index in [0.717, 1.165) is 0 Å². The van der Waals surface area contributed by atoms with Crippen LogP contribution in [-0.2, 0) is 14.8 Å². The largest absolute Gasteiger partial charge is 0.385 e. The zero-order chi connectivity index (χ0) is 12.9. The Balaban J connectivity index is 2.83. The first-order valence-corrected chi connectivity index (χ1v) is 7.12. The second kappa shape index (κ2) is 6.29. The molecule has 1 heterocycles. The Bertz CT molecular complexity index is 526. The van der Waals surface area contributed by atoms with Gasteiger partial charge in [-0.1, -0.05) is 0 Å². The summed E-state index contributed by atoms with van der Waals surface area (Å²) in [6, 6.07) is 1.26. The molecule has 0 aromatic carbocycles. The highest BCUT2D eigenvalue weighted by molar-refractivity contribution is 9.10. The van der Waals surface area contributed by atoms with Gasteiger partial charge < -0.3 is 9.72 Å². The fourth-order valence-corrected chi connectivity index (χ4v) is 2.79. The Morgan fingerprint density at radius 3 is 2.88 bits per heavy atom. The summed E-state index contributed by atoms with van der Waals surface area (Å²) < 4.78 is 31.2. The molecule has 0 saturated carbocycles. The first-order valence-electron chi connectivity index (χ1n) is 4.84. The number of rotatable bonds is 6. The lowest BCUT2D eigenvalue weighted by Gasteiger charge is -2.05. The summed E-state index contributed by atoms with van der Waals surface area (Å²) in [5.74, 6) is 0. The van der Waals surface area contributed by atoms with Crippen molar-refractivity contribution in [2.45, 2.75) is 11.3 Å². The lowest BCUT2D eigenvalue weighted by molar-refractivity contribution is 0.196. The summed E-state index contributed by atoms with van der Waals surface area (Å²) in [5, 5.41) is 0. The smallest absolute Gasteiger partial charge is 0.268 e. The lowest BCUT2D eigenvalue weighted by atomic mass is 10.5. The van der Waals surface area contributed by atoms with Gasteiger partial charge in [-0.2, -0.15) is 0 Å². The van der Waals surface area contributed by atoms with Gasteiger partial charge in [-0.25, -0.2) is 13.1 Å². The van der Waals surface area contributed by atoms with Crippen LogP contribution in [0.5, 0.6) is 0 Å². The van der Waals surface area contributed by atoms with Gasteiger partial charge in [0.1, 0.15) is 4.90 Å². The summed E-state index contributed by atoms with van der Waals surface area (Å²) in [5.41, 5.74) is -0.646. The van der Waals surface area contributed by atoms with E-state index in [1.165, 1.54) is 19.4 Å². The van der Waals surface area contributed by atoms with E-state index in [4.69, 9.17) is 4.74 Å². The number of nitrogens with one attached hydrogen (secondary N) is 2. The van der Waals surface area contributed by atoms with Gasteiger partial charge in [-0.3, -0.25) is 4.79 Å². The molecule has 0 unspecified atom stereocenters. The molecule has 0 aliphatic carbocycles. The van der Waals surface area contributed by atoms with Crippen molar-refractivity contribution in [1.82, 2.24) is 9.71 Å². The van der Waals surface area contributed by atoms with Crippen LogP contribution in [0, 0.1) is 0 Å². The standard InChI is InChI=1S/C9H13BrN2O4S/c1-16-4-2-3-12-17(14,15)8-5-7(10)6-11-9(8)13/h5-6,12H,2-4H2,1H3,(H,11,13). The van der Waals surface area contributed by atoms with E-state index in [2.05, 4.69) is 25.6 Å². The fourth-order valence-electron chi connectivity index (χ4n) is 1.14. The molecule has 0 fully saturated rings. The molecule has 17 heavy (non-hydrogen) atoms. The highest BCUT2D eigenvalue weighted by Gasteiger charge is 2.17. The monoisotopic (exact) mass is 324 g/mol. The van der Waals surface area contributed by atoms with Crippen LogP contribution in [0.4, 0.5) is 0 Å². The first-order chi connectivity index (χ1) is 7.97. The van der Waals surface area contributed by atoms with Gasteiger partial charge in [0.15, 0.2) is 0 Å². The average Bonchev–Trinajstić information content (AvgIpc) is 2.28. The maximum absolute atomic E-state index is 11.8. The number of sulfonamides is 1. The van der Waals surface area contributed by atoms with Crippen LogP contribution >= 0.6 is 15.9 Å². The van der Waals surface area contributed by atoms with Crippen LogP contribution in [0.2, 0.25) is 0 Å². The number of pyridine rings is 1. The second-order valence-electron chi connectivity index (χ2n) is 3.26. The van der Waals surface area contributed by atoms with Crippen LogP contribution in [0.1, 0.15) is 6.42 Å². The highest BCUT2D eigenvalue weighted by Crippen LogP contribution is 2.10. The molecule has 96 valence electrons. The summed E-state index contributed by atoms with van der Waals surface area (Å²) in [6.07, 6.45) is 1.92. The van der Waals surface area contributed by atoms with Crippen LogP contribution in [0.25, 0.3) is 0 Å². The van der Waals surface area contributed by atoms with Crippen molar-refractivity contribution in [1.29, 1.82) is 0 Å². The van der Waals surface area contributed by atoms with Crippen LogP contribution in [-0.4, -0.2) is 33.7 Å². The molecule has 1 aromatic rings. The topological polar surface area (TPSA) is 88.3 Å². The summed E-state index contributed by atoms with van der Waals surface area (Å²) >= 11 is 3.10. The zero-order valence-corrected chi connectivity index (χ0v) is 11.6. The summed E-state index contributed by atoms with van der Waals surface area (Å²) in [7, 11) is -2.24. The van der Waals surface area contributed by atoms with Crippen LogP contribution < -0.4 is 10.3 Å². The van der Waals surface area contributed by atoms with Crippen molar-refractivity contribution < 1.29 is 13.2 Å². The molecule has 2 N–H and O–H groups in total. The first kappa shape index (κ1) is 14.4. The number of ether oxygens (including phenoxy) is 1. The van der Waals surface area contributed by atoms with Crippen molar-refractivity contribution in [2.24, 2.45) is 0 Å². The molecule has 0 saturated heterocycles. The van der Waals surface area contributed by atoms with Gasteiger partial charge in [0.25, 0.3) is 5.56 Å². The molecule has 0 amide bonds. The molecule has 1 aromatic heterocycles. The number of hydrogen-bond donors (Lipinski definition) is 2. The normalized spacial score (nSPS) is 11.6. The minimum absolute atomic E-state index is 0.224. The van der Waals surface area contributed by atoms with Gasteiger partial charge in [0.2, 0.25) is 10.0 Å². The third-order valence-electron chi connectivity index (χ3n) is 1.94. The third-order valence-corrected chi connectivity index (χ3v) is 3.87. The Labute approximate surface area is 108 Å². The quantitative estimate of drug-likeness (QED) is 0.744. The van der Waals surface area contributed by atoms with Gasteiger partial charge >= 0.3 is 0 Å². The molecule has 0 bridgehead atoms. The number of hydrogen-bond acceptors (Lipinski definition) is 4. The SMILES string of the molecule is COCCCNS(=O)(=O)c1cc(Br)c[nH]c1=O.